The first-order valence-electron chi connectivity index (χ1n) is 21.9. The van der Waals surface area contributed by atoms with Gasteiger partial charge in [-0.15, -0.1) is 0 Å². The van der Waals surface area contributed by atoms with Crippen molar-refractivity contribution < 1.29 is 32.6 Å². The van der Waals surface area contributed by atoms with Gasteiger partial charge in [-0.3, -0.25) is 29.5 Å². The van der Waals surface area contributed by atoms with E-state index in [1.807, 2.05) is 24.3 Å². The van der Waals surface area contributed by atoms with Gasteiger partial charge in [0.25, 0.3) is 12.3 Å². The fourth-order valence-electron chi connectivity index (χ4n) is 10.0. The van der Waals surface area contributed by atoms with Crippen LogP contribution in [0.15, 0.2) is 55.2 Å². The quantitative estimate of drug-likeness (QED) is 0.168. The molecule has 4 atom stereocenters. The van der Waals surface area contributed by atoms with E-state index in [0.717, 1.165) is 86.9 Å². The van der Waals surface area contributed by atoms with Crippen LogP contribution in [0, 0.1) is 23.7 Å². The number of alkyl halides is 2. The molecule has 2 N–H and O–H groups in total. The Morgan fingerprint density at radius 2 is 1.94 bits per heavy atom. The monoisotopic (exact) mass is 861 g/mol. The summed E-state index contributed by atoms with van der Waals surface area (Å²) in [6.07, 6.45) is 11.2. The van der Waals surface area contributed by atoms with Crippen LogP contribution in [0.25, 0.3) is 16.4 Å². The number of ether oxygens (including phenoxy) is 2. The molecule has 8 heterocycles. The van der Waals surface area contributed by atoms with Gasteiger partial charge < -0.3 is 24.6 Å². The van der Waals surface area contributed by atoms with Crippen LogP contribution >= 0.6 is 0 Å². The zero-order valence-corrected chi connectivity index (χ0v) is 35.0. The largest absolute Gasteiger partial charge is 0.374 e. The number of amides is 4. The Hall–Kier alpha value is -6.03. The second-order valence-corrected chi connectivity index (χ2v) is 17.5. The number of urea groups is 1. The number of carbonyl (C=O) groups is 3. The van der Waals surface area contributed by atoms with Crippen molar-refractivity contribution in [2.24, 2.45) is 11.8 Å². The van der Waals surface area contributed by atoms with Gasteiger partial charge >= 0.3 is 6.03 Å². The number of benzene rings is 1. The maximum absolute atomic E-state index is 14.3. The molecule has 1 aliphatic carbocycles. The number of carbonyl (C=O) groups excluding carboxylic acids is 3. The number of hydrogen-bond donors (Lipinski definition) is 2. The molecule has 1 saturated carbocycles. The standard InChI is InChI=1S/C45H49F2N11O5/c1-27-22-54(13-10-38(27)62-16-2-3-28-6-9-34-30(17-28)19-48-21-37(34)55-14-12-40(59)52-45(55)61)23-29-4-7-31(8-5-29)58-25-36(41(53-58)42(46)47)50-44(60)35-20-49-57-15-11-39(51-43(35)57)56-24-33-18-32(56)26-63-33/h6,9,11,15,17,19-21,25,27,29,31-33,38,42H,4-5,7-8,10,12-14,16,18,22-24,26H2,1H3,(H,50,60)(H,52,59,61)/t27-,29?,31?,32-,33-,38-/m1/s1. The minimum atomic E-state index is -2.86. The number of morpholine rings is 1. The molecule has 4 aliphatic heterocycles. The van der Waals surface area contributed by atoms with Crippen molar-refractivity contribution in [3.63, 3.8) is 0 Å². The van der Waals surface area contributed by atoms with E-state index < -0.39 is 24.1 Å². The second kappa shape index (κ2) is 17.3. The maximum atomic E-state index is 14.3. The fourth-order valence-corrected chi connectivity index (χ4v) is 10.0. The predicted octanol–water partition coefficient (Wildman–Crippen LogP) is 5.60. The minimum absolute atomic E-state index is 0.00133. The Balaban J connectivity index is 0.694. The van der Waals surface area contributed by atoms with Crippen LogP contribution in [0.4, 0.5) is 30.8 Å². The predicted molar refractivity (Wildman–Crippen MR) is 229 cm³/mol. The van der Waals surface area contributed by atoms with Crippen LogP contribution in [0.1, 0.15) is 86.0 Å². The highest BCUT2D eigenvalue weighted by molar-refractivity contribution is 6.10. The van der Waals surface area contributed by atoms with E-state index in [4.69, 9.17) is 14.5 Å². The summed E-state index contributed by atoms with van der Waals surface area (Å²) in [5, 5.41) is 15.4. The van der Waals surface area contributed by atoms with Crippen LogP contribution in [0.3, 0.4) is 0 Å². The molecule has 328 valence electrons. The number of hydrogen-bond acceptors (Lipinski definition) is 11. The van der Waals surface area contributed by atoms with Crippen molar-refractivity contribution in [2.75, 3.05) is 61.1 Å². The normalized spacial score (nSPS) is 25.2. The summed E-state index contributed by atoms with van der Waals surface area (Å²) < 4.78 is 43.7. The number of nitrogens with zero attached hydrogens (tertiary/aromatic N) is 9. The maximum Gasteiger partial charge on any atom is 0.328 e. The molecule has 0 unspecified atom stereocenters. The first-order valence-corrected chi connectivity index (χ1v) is 21.9. The smallest absolute Gasteiger partial charge is 0.328 e. The van der Waals surface area contributed by atoms with Gasteiger partial charge in [-0.1, -0.05) is 24.8 Å². The van der Waals surface area contributed by atoms with E-state index in [0.29, 0.717) is 42.9 Å². The Morgan fingerprint density at radius 3 is 2.71 bits per heavy atom. The van der Waals surface area contributed by atoms with Gasteiger partial charge in [-0.2, -0.15) is 10.2 Å². The van der Waals surface area contributed by atoms with Gasteiger partial charge in [0.15, 0.2) is 11.3 Å². The summed E-state index contributed by atoms with van der Waals surface area (Å²) in [6.45, 7) is 7.07. The summed E-state index contributed by atoms with van der Waals surface area (Å²) in [7, 11) is 0. The molecule has 5 fully saturated rings. The number of halogens is 2. The van der Waals surface area contributed by atoms with Crippen LogP contribution in [-0.2, 0) is 14.3 Å². The summed E-state index contributed by atoms with van der Waals surface area (Å²) in [4.78, 5) is 52.9. The summed E-state index contributed by atoms with van der Waals surface area (Å²) in [6, 6.07) is 7.41. The first kappa shape index (κ1) is 41.0. The lowest BCUT2D eigenvalue weighted by Gasteiger charge is -2.39. The van der Waals surface area contributed by atoms with Gasteiger partial charge in [0.2, 0.25) is 5.91 Å². The van der Waals surface area contributed by atoms with E-state index in [1.165, 1.54) is 15.6 Å². The molecule has 10 rings (SSSR count). The average Bonchev–Trinajstić information content (AvgIpc) is 4.11. The summed E-state index contributed by atoms with van der Waals surface area (Å²) in [5.41, 5.74) is 1.58. The van der Waals surface area contributed by atoms with Crippen LogP contribution in [-0.4, -0.2) is 116 Å². The van der Waals surface area contributed by atoms with E-state index in [-0.39, 0.29) is 47.9 Å². The van der Waals surface area contributed by atoms with E-state index in [2.05, 4.69) is 54.4 Å². The molecule has 2 bridgehead atoms. The third kappa shape index (κ3) is 8.44. The van der Waals surface area contributed by atoms with Gasteiger partial charge in [0, 0.05) is 74.1 Å². The number of rotatable bonds is 10. The van der Waals surface area contributed by atoms with Crippen molar-refractivity contribution >= 4 is 51.5 Å². The van der Waals surface area contributed by atoms with Gasteiger partial charge in [0.05, 0.1) is 54.7 Å². The van der Waals surface area contributed by atoms with Crippen molar-refractivity contribution in [3.8, 4) is 11.8 Å². The van der Waals surface area contributed by atoms with E-state index in [1.54, 1.807) is 29.5 Å². The second-order valence-electron chi connectivity index (χ2n) is 17.5. The molecular weight excluding hydrogens is 813 g/mol. The highest BCUT2D eigenvalue weighted by Crippen LogP contribution is 2.37. The molecule has 0 radical (unpaired) electrons. The van der Waals surface area contributed by atoms with Crippen LogP contribution in [0.2, 0.25) is 0 Å². The van der Waals surface area contributed by atoms with Gasteiger partial charge in [-0.25, -0.2) is 23.1 Å². The van der Waals surface area contributed by atoms with E-state index >= 15 is 0 Å². The average molecular weight is 862 g/mol. The third-order valence-electron chi connectivity index (χ3n) is 13.3. The number of imide groups is 1. The molecule has 63 heavy (non-hydrogen) atoms. The SMILES string of the molecule is C[C@@H]1CN(CC2CCC(n3cc(NC(=O)c4cnn5ccc(N6C[C@H]7C[C@@H]6CO7)nc45)c(C(F)F)n3)CC2)CC[C@H]1OCC#Cc1ccc2c(N3CCC(=O)NC3=O)cncc2c1. The zero-order valence-electron chi connectivity index (χ0n) is 35.0. The Labute approximate surface area is 362 Å². The Morgan fingerprint density at radius 1 is 1.06 bits per heavy atom. The first-order chi connectivity index (χ1) is 30.6. The van der Waals surface area contributed by atoms with Crippen molar-refractivity contribution in [2.45, 2.75) is 82.6 Å². The number of nitrogens with one attached hydrogen (secondary N) is 2. The highest BCUT2D eigenvalue weighted by Gasteiger charge is 2.40. The number of likely N-dealkylation sites (tertiary alicyclic amines) is 1. The molecule has 16 nitrogen and oxygen atoms in total. The topological polar surface area (TPSA) is 164 Å². The number of anilines is 3. The molecule has 4 saturated heterocycles. The molecule has 4 amide bonds. The molecular formula is C45H49F2N11O5. The molecule has 18 heteroatoms. The van der Waals surface area contributed by atoms with Gasteiger partial charge in [0.1, 0.15) is 18.0 Å². The molecule has 5 aliphatic rings. The van der Waals surface area contributed by atoms with Crippen molar-refractivity contribution in [1.82, 2.24) is 39.6 Å². The number of aromatic nitrogens is 6. The van der Waals surface area contributed by atoms with Crippen LogP contribution < -0.4 is 20.4 Å². The molecule has 5 aromatic rings. The number of fused-ring (bicyclic) bond motifs is 4. The molecule has 0 spiro atoms. The third-order valence-corrected chi connectivity index (χ3v) is 13.3. The number of pyridine rings is 1. The van der Waals surface area contributed by atoms with E-state index in [9.17, 15) is 23.2 Å². The number of piperidine rings is 1. The molecule has 4 aromatic heterocycles. The minimum Gasteiger partial charge on any atom is -0.374 e. The lowest BCUT2D eigenvalue weighted by molar-refractivity contribution is -0.120. The summed E-state index contributed by atoms with van der Waals surface area (Å²) in [5.74, 6) is 7.09. The Kier molecular flexibility index (Phi) is 11.2. The Bertz CT molecular complexity index is 2620. The zero-order chi connectivity index (χ0) is 43.2. The van der Waals surface area contributed by atoms with Gasteiger partial charge in [-0.05, 0) is 68.6 Å². The lowest BCUT2D eigenvalue weighted by atomic mass is 9.85. The lowest BCUT2D eigenvalue weighted by Crippen LogP contribution is -2.49. The van der Waals surface area contributed by atoms with Crippen molar-refractivity contribution in [1.29, 1.82) is 0 Å². The fraction of sp³-hybridized carbons (Fsp3) is 0.489. The molecule has 1 aromatic carbocycles. The highest BCUT2D eigenvalue weighted by atomic mass is 19.3. The van der Waals surface area contributed by atoms with Crippen LogP contribution in [0.5, 0.6) is 0 Å². The van der Waals surface area contributed by atoms with Crippen molar-refractivity contribution in [3.05, 3.63) is 72.1 Å². The summed E-state index contributed by atoms with van der Waals surface area (Å²) >= 11 is 0.